The van der Waals surface area contributed by atoms with Crippen molar-refractivity contribution in [3.63, 3.8) is 0 Å². The molecule has 0 spiro atoms. The third-order valence-electron chi connectivity index (χ3n) is 4.36. The molecule has 0 aliphatic carbocycles. The fourth-order valence-corrected chi connectivity index (χ4v) is 2.92. The lowest BCUT2D eigenvalue weighted by Gasteiger charge is -2.16. The Morgan fingerprint density at radius 3 is 2.66 bits per heavy atom. The highest BCUT2D eigenvalue weighted by molar-refractivity contribution is 5.76. The van der Waals surface area contributed by atoms with Crippen molar-refractivity contribution in [2.45, 2.75) is 45.8 Å². The zero-order chi connectivity index (χ0) is 20.8. The SMILES string of the molecule is CC(C)Oc1cccc(C(C)NC(=O)CCc2ncc(-c3ccc(F)cc3)o2)c1. The summed E-state index contributed by atoms with van der Waals surface area (Å²) in [5.41, 5.74) is 1.72. The van der Waals surface area contributed by atoms with Crippen molar-refractivity contribution in [2.24, 2.45) is 0 Å². The molecule has 3 rings (SSSR count). The fourth-order valence-electron chi connectivity index (χ4n) is 2.92. The number of ether oxygens (including phenoxy) is 1. The Kier molecular flexibility index (Phi) is 6.65. The van der Waals surface area contributed by atoms with Gasteiger partial charge in [-0.1, -0.05) is 12.1 Å². The second-order valence-electron chi connectivity index (χ2n) is 7.15. The number of nitrogens with zero attached hydrogens (tertiary/aromatic N) is 1. The fraction of sp³-hybridized carbons (Fsp3) is 0.304. The molecule has 0 aliphatic rings. The van der Waals surface area contributed by atoms with Crippen LogP contribution >= 0.6 is 0 Å². The van der Waals surface area contributed by atoms with Gasteiger partial charge >= 0.3 is 0 Å². The zero-order valence-electron chi connectivity index (χ0n) is 16.8. The number of nitrogens with one attached hydrogen (secondary N) is 1. The minimum Gasteiger partial charge on any atom is -0.491 e. The van der Waals surface area contributed by atoms with Gasteiger partial charge in [0.05, 0.1) is 18.3 Å². The summed E-state index contributed by atoms with van der Waals surface area (Å²) in [4.78, 5) is 16.5. The lowest BCUT2D eigenvalue weighted by molar-refractivity contribution is -0.121. The van der Waals surface area contributed by atoms with Crippen LogP contribution in [-0.4, -0.2) is 17.0 Å². The standard InChI is InChI=1S/C23H25FN2O3/c1-15(2)28-20-6-4-5-18(13-20)16(3)26-22(27)11-12-23-25-14-21(29-23)17-7-9-19(24)10-8-17/h4-10,13-16H,11-12H2,1-3H3,(H,26,27). The van der Waals surface area contributed by atoms with Crippen molar-refractivity contribution < 1.29 is 18.3 Å². The first-order valence-corrected chi connectivity index (χ1v) is 9.67. The lowest BCUT2D eigenvalue weighted by Crippen LogP contribution is -2.26. The maximum Gasteiger partial charge on any atom is 0.220 e. The van der Waals surface area contributed by atoms with Crippen LogP contribution in [0.4, 0.5) is 4.39 Å². The molecule has 6 heteroatoms. The molecule has 1 unspecified atom stereocenters. The Balaban J connectivity index is 1.53. The molecule has 0 saturated carbocycles. The molecule has 5 nitrogen and oxygen atoms in total. The first-order valence-electron chi connectivity index (χ1n) is 9.67. The summed E-state index contributed by atoms with van der Waals surface area (Å²) in [7, 11) is 0. The van der Waals surface area contributed by atoms with Crippen LogP contribution < -0.4 is 10.1 Å². The summed E-state index contributed by atoms with van der Waals surface area (Å²) in [6.45, 7) is 5.88. The normalized spacial score (nSPS) is 12.0. The van der Waals surface area contributed by atoms with E-state index in [9.17, 15) is 9.18 Å². The van der Waals surface area contributed by atoms with Gasteiger partial charge in [0.1, 0.15) is 11.6 Å². The second kappa shape index (κ2) is 9.37. The number of aromatic nitrogens is 1. The van der Waals surface area contributed by atoms with Gasteiger partial charge in [-0.05, 0) is 62.7 Å². The molecule has 2 aromatic carbocycles. The van der Waals surface area contributed by atoms with E-state index in [1.807, 2.05) is 45.0 Å². The first-order chi connectivity index (χ1) is 13.9. The Labute approximate surface area is 169 Å². The van der Waals surface area contributed by atoms with Gasteiger partial charge < -0.3 is 14.5 Å². The van der Waals surface area contributed by atoms with Crippen LogP contribution in [0.5, 0.6) is 5.75 Å². The van der Waals surface area contributed by atoms with E-state index in [2.05, 4.69) is 10.3 Å². The Morgan fingerprint density at radius 2 is 1.93 bits per heavy atom. The van der Waals surface area contributed by atoms with Gasteiger partial charge in [0.2, 0.25) is 5.91 Å². The Bertz CT molecular complexity index is 951. The van der Waals surface area contributed by atoms with Crippen LogP contribution in [0.15, 0.2) is 59.1 Å². The molecule has 0 bridgehead atoms. The van der Waals surface area contributed by atoms with Crippen LogP contribution in [0, 0.1) is 5.82 Å². The van der Waals surface area contributed by atoms with E-state index in [-0.39, 0.29) is 30.3 Å². The van der Waals surface area contributed by atoms with Crippen LogP contribution in [0.3, 0.4) is 0 Å². The number of aryl methyl sites for hydroxylation is 1. The summed E-state index contributed by atoms with van der Waals surface area (Å²) in [5.74, 6) is 1.41. The van der Waals surface area contributed by atoms with E-state index in [0.29, 0.717) is 18.1 Å². The highest BCUT2D eigenvalue weighted by Crippen LogP contribution is 2.22. The Morgan fingerprint density at radius 1 is 1.17 bits per heavy atom. The molecule has 1 aromatic heterocycles. The first kappa shape index (κ1) is 20.6. The van der Waals surface area contributed by atoms with E-state index in [4.69, 9.17) is 9.15 Å². The maximum absolute atomic E-state index is 13.0. The average Bonchev–Trinajstić information content (AvgIpc) is 3.15. The van der Waals surface area contributed by atoms with Crippen LogP contribution in [0.1, 0.15) is 44.7 Å². The van der Waals surface area contributed by atoms with Gasteiger partial charge in [-0.3, -0.25) is 4.79 Å². The number of carbonyl (C=O) groups is 1. The Hall–Kier alpha value is -3.15. The van der Waals surface area contributed by atoms with Gasteiger partial charge in [-0.25, -0.2) is 9.37 Å². The average molecular weight is 396 g/mol. The molecule has 0 saturated heterocycles. The minimum atomic E-state index is -0.305. The molecule has 152 valence electrons. The van der Waals surface area contributed by atoms with Gasteiger partial charge in [0, 0.05) is 18.4 Å². The van der Waals surface area contributed by atoms with E-state index in [1.54, 1.807) is 18.3 Å². The van der Waals surface area contributed by atoms with Gasteiger partial charge in [0.15, 0.2) is 11.7 Å². The number of benzene rings is 2. The number of carbonyl (C=O) groups excluding carboxylic acids is 1. The monoisotopic (exact) mass is 396 g/mol. The molecule has 0 aliphatic heterocycles. The molecule has 1 N–H and O–H groups in total. The van der Waals surface area contributed by atoms with Crippen LogP contribution in [0.2, 0.25) is 0 Å². The highest BCUT2D eigenvalue weighted by Gasteiger charge is 2.13. The van der Waals surface area contributed by atoms with Crippen LogP contribution in [0.25, 0.3) is 11.3 Å². The van der Waals surface area contributed by atoms with Gasteiger partial charge in [0.25, 0.3) is 0 Å². The molecule has 0 radical (unpaired) electrons. The highest BCUT2D eigenvalue weighted by atomic mass is 19.1. The molecular formula is C23H25FN2O3. The number of oxazole rings is 1. The summed E-state index contributed by atoms with van der Waals surface area (Å²) in [5, 5.41) is 2.99. The maximum atomic E-state index is 13.0. The molecule has 1 heterocycles. The predicted octanol–water partition coefficient (Wildman–Crippen LogP) is 5.08. The molecule has 3 aromatic rings. The smallest absolute Gasteiger partial charge is 0.220 e. The number of amides is 1. The van der Waals surface area contributed by atoms with Gasteiger partial charge in [-0.2, -0.15) is 0 Å². The number of hydrogen-bond donors (Lipinski definition) is 1. The molecular weight excluding hydrogens is 371 g/mol. The number of rotatable bonds is 8. The quantitative estimate of drug-likeness (QED) is 0.577. The summed E-state index contributed by atoms with van der Waals surface area (Å²) < 4.78 is 24.4. The molecule has 29 heavy (non-hydrogen) atoms. The number of hydrogen-bond acceptors (Lipinski definition) is 4. The van der Waals surface area contributed by atoms with Crippen molar-refractivity contribution in [2.75, 3.05) is 0 Å². The topological polar surface area (TPSA) is 64.4 Å². The molecule has 1 atom stereocenters. The molecule has 1 amide bonds. The van der Waals surface area contributed by atoms with Gasteiger partial charge in [-0.15, -0.1) is 0 Å². The van der Waals surface area contributed by atoms with Crippen LogP contribution in [-0.2, 0) is 11.2 Å². The summed E-state index contributed by atoms with van der Waals surface area (Å²) in [6.07, 6.45) is 2.32. The third-order valence-corrected chi connectivity index (χ3v) is 4.36. The van der Waals surface area contributed by atoms with E-state index >= 15 is 0 Å². The van der Waals surface area contributed by atoms with Crippen molar-refractivity contribution in [3.8, 4) is 17.1 Å². The third kappa shape index (κ3) is 5.91. The summed E-state index contributed by atoms with van der Waals surface area (Å²) >= 11 is 0. The van der Waals surface area contributed by atoms with Crippen molar-refractivity contribution in [3.05, 3.63) is 72.0 Å². The van der Waals surface area contributed by atoms with E-state index < -0.39 is 0 Å². The lowest BCUT2D eigenvalue weighted by atomic mass is 10.1. The van der Waals surface area contributed by atoms with Crippen molar-refractivity contribution >= 4 is 5.91 Å². The minimum absolute atomic E-state index is 0.0887. The summed E-state index contributed by atoms with van der Waals surface area (Å²) in [6, 6.07) is 13.6. The van der Waals surface area contributed by atoms with E-state index in [0.717, 1.165) is 16.9 Å². The van der Waals surface area contributed by atoms with Crippen molar-refractivity contribution in [1.29, 1.82) is 0 Å². The van der Waals surface area contributed by atoms with E-state index in [1.165, 1.54) is 12.1 Å². The largest absolute Gasteiger partial charge is 0.491 e. The zero-order valence-corrected chi connectivity index (χ0v) is 16.8. The second-order valence-corrected chi connectivity index (χ2v) is 7.15. The van der Waals surface area contributed by atoms with Crippen molar-refractivity contribution in [1.82, 2.24) is 10.3 Å². The number of halogens is 1. The predicted molar refractivity (Wildman–Crippen MR) is 109 cm³/mol. The molecule has 0 fully saturated rings.